The van der Waals surface area contributed by atoms with Crippen molar-refractivity contribution in [2.24, 2.45) is 0 Å². The number of fused-ring (bicyclic) bond motifs is 2. The number of hydrogen-bond acceptors (Lipinski definition) is 3. The van der Waals surface area contributed by atoms with E-state index < -0.39 is 5.41 Å². The molecule has 0 saturated heterocycles. The third-order valence-corrected chi connectivity index (χ3v) is 3.69. The van der Waals surface area contributed by atoms with Crippen LogP contribution in [0.3, 0.4) is 0 Å². The number of benzene rings is 1. The molecular formula is C14H16N4O2. The van der Waals surface area contributed by atoms with Crippen LogP contribution in [0.25, 0.3) is 11.0 Å². The van der Waals surface area contributed by atoms with Crippen LogP contribution < -0.4 is 10.6 Å². The molecule has 0 aliphatic carbocycles. The van der Waals surface area contributed by atoms with Gasteiger partial charge in [-0.05, 0) is 31.5 Å². The number of rotatable bonds is 2. The quantitative estimate of drug-likeness (QED) is 0.782. The van der Waals surface area contributed by atoms with Crippen LogP contribution in [-0.2, 0) is 15.0 Å². The molecule has 0 atom stereocenters. The highest BCUT2D eigenvalue weighted by Gasteiger charge is 2.38. The van der Waals surface area contributed by atoms with Crippen LogP contribution in [0.1, 0.15) is 32.8 Å². The van der Waals surface area contributed by atoms with Gasteiger partial charge in [0.15, 0.2) is 0 Å². The number of hydrogen-bond donors (Lipinski definition) is 3. The third-order valence-electron chi connectivity index (χ3n) is 3.69. The van der Waals surface area contributed by atoms with Gasteiger partial charge in [-0.2, -0.15) is 0 Å². The minimum atomic E-state index is -0.554. The van der Waals surface area contributed by atoms with E-state index in [0.29, 0.717) is 17.9 Å². The molecule has 1 aromatic carbocycles. The second kappa shape index (κ2) is 4.06. The molecule has 2 amide bonds. The van der Waals surface area contributed by atoms with Gasteiger partial charge in [-0.25, -0.2) is 4.98 Å². The summed E-state index contributed by atoms with van der Waals surface area (Å²) in [6.07, 6.45) is 0.399. The number of carbonyl (C=O) groups excluding carboxylic acids is 2. The van der Waals surface area contributed by atoms with E-state index in [0.717, 1.165) is 16.8 Å². The molecule has 0 bridgehead atoms. The summed E-state index contributed by atoms with van der Waals surface area (Å²) < 4.78 is 0. The Balaban J connectivity index is 2.06. The molecule has 1 aromatic heterocycles. The largest absolute Gasteiger partial charge is 0.325 e. The maximum atomic E-state index is 11.9. The molecule has 2 aromatic rings. The smallest absolute Gasteiger partial charge is 0.234 e. The van der Waals surface area contributed by atoms with Gasteiger partial charge in [0, 0.05) is 12.1 Å². The first-order chi connectivity index (χ1) is 9.41. The Hall–Kier alpha value is -2.37. The molecule has 20 heavy (non-hydrogen) atoms. The highest BCUT2D eigenvalue weighted by molar-refractivity contribution is 6.07. The van der Waals surface area contributed by atoms with E-state index in [2.05, 4.69) is 20.6 Å². The van der Waals surface area contributed by atoms with Crippen LogP contribution in [0, 0.1) is 0 Å². The molecule has 3 N–H and O–H groups in total. The molecule has 0 spiro atoms. The summed E-state index contributed by atoms with van der Waals surface area (Å²) in [6, 6.07) is 3.74. The molecular weight excluding hydrogens is 256 g/mol. The molecule has 6 heteroatoms. The minimum Gasteiger partial charge on any atom is -0.325 e. The van der Waals surface area contributed by atoms with Gasteiger partial charge in [-0.1, -0.05) is 6.92 Å². The van der Waals surface area contributed by atoms with Crippen molar-refractivity contribution in [2.75, 3.05) is 10.6 Å². The third kappa shape index (κ3) is 1.76. The summed E-state index contributed by atoms with van der Waals surface area (Å²) in [5.74, 6) is 0.324. The highest BCUT2D eigenvalue weighted by Crippen LogP contribution is 2.39. The van der Waals surface area contributed by atoms with E-state index in [1.807, 2.05) is 26.0 Å². The Morgan fingerprint density at radius 2 is 2.15 bits per heavy atom. The summed E-state index contributed by atoms with van der Waals surface area (Å²) in [5, 5.41) is 5.55. The van der Waals surface area contributed by atoms with Crippen LogP contribution in [-0.4, -0.2) is 21.8 Å². The molecule has 104 valence electrons. The van der Waals surface area contributed by atoms with Crippen LogP contribution >= 0.6 is 0 Å². The van der Waals surface area contributed by atoms with Gasteiger partial charge in [-0.15, -0.1) is 0 Å². The van der Waals surface area contributed by atoms with E-state index in [1.165, 1.54) is 0 Å². The normalized spacial score (nSPS) is 16.1. The fraction of sp³-hybridized carbons (Fsp3) is 0.357. The van der Waals surface area contributed by atoms with Crippen molar-refractivity contribution in [3.63, 3.8) is 0 Å². The summed E-state index contributed by atoms with van der Waals surface area (Å²) in [7, 11) is 0. The zero-order chi connectivity index (χ0) is 14.5. The molecule has 0 radical (unpaired) electrons. The first-order valence-corrected chi connectivity index (χ1v) is 6.57. The van der Waals surface area contributed by atoms with E-state index in [-0.39, 0.29) is 11.8 Å². The van der Waals surface area contributed by atoms with E-state index in [9.17, 15) is 9.59 Å². The van der Waals surface area contributed by atoms with Crippen molar-refractivity contribution in [2.45, 2.75) is 32.6 Å². The molecule has 6 nitrogen and oxygen atoms in total. The summed E-state index contributed by atoms with van der Waals surface area (Å²) in [6.45, 7) is 5.55. The monoisotopic (exact) mass is 272 g/mol. The Morgan fingerprint density at radius 3 is 2.85 bits per heavy atom. The second-order valence-corrected chi connectivity index (χ2v) is 5.48. The van der Waals surface area contributed by atoms with Crippen molar-refractivity contribution in [3.05, 3.63) is 17.7 Å². The average molecular weight is 272 g/mol. The molecule has 1 aliphatic heterocycles. The predicted molar refractivity (Wildman–Crippen MR) is 76.7 cm³/mol. The number of nitrogens with zero attached hydrogens (tertiary/aromatic N) is 1. The summed E-state index contributed by atoms with van der Waals surface area (Å²) >= 11 is 0. The lowest BCUT2D eigenvalue weighted by molar-refractivity contribution is -0.119. The fourth-order valence-electron chi connectivity index (χ4n) is 2.36. The summed E-state index contributed by atoms with van der Waals surface area (Å²) in [5.41, 5.74) is 2.69. The minimum absolute atomic E-state index is 0.0142. The average Bonchev–Trinajstić information content (AvgIpc) is 2.86. The van der Waals surface area contributed by atoms with Gasteiger partial charge in [0.2, 0.25) is 17.8 Å². The predicted octanol–water partition coefficient (Wildman–Crippen LogP) is 2.14. The Labute approximate surface area is 116 Å². The lowest BCUT2D eigenvalue weighted by Gasteiger charge is -2.14. The lowest BCUT2D eigenvalue weighted by Crippen LogP contribution is -2.26. The molecule has 2 heterocycles. The number of imidazole rings is 1. The van der Waals surface area contributed by atoms with Crippen molar-refractivity contribution in [1.29, 1.82) is 0 Å². The van der Waals surface area contributed by atoms with Crippen LogP contribution in [0.2, 0.25) is 0 Å². The van der Waals surface area contributed by atoms with Crippen molar-refractivity contribution >= 4 is 34.5 Å². The number of nitrogens with one attached hydrogen (secondary N) is 3. The maximum Gasteiger partial charge on any atom is 0.234 e. The lowest BCUT2D eigenvalue weighted by atomic mass is 9.86. The second-order valence-electron chi connectivity index (χ2n) is 5.48. The number of anilines is 2. The zero-order valence-corrected chi connectivity index (χ0v) is 11.6. The van der Waals surface area contributed by atoms with Crippen molar-refractivity contribution in [3.8, 4) is 0 Å². The molecule has 1 aliphatic rings. The molecule has 0 unspecified atom stereocenters. The molecule has 0 fully saturated rings. The number of aromatic amines is 1. The number of amides is 2. The van der Waals surface area contributed by atoms with Crippen LogP contribution in [0.15, 0.2) is 12.1 Å². The van der Waals surface area contributed by atoms with Crippen LogP contribution in [0.5, 0.6) is 0 Å². The van der Waals surface area contributed by atoms with Crippen LogP contribution in [0.4, 0.5) is 11.6 Å². The topological polar surface area (TPSA) is 86.9 Å². The van der Waals surface area contributed by atoms with Gasteiger partial charge in [-0.3, -0.25) is 14.9 Å². The number of carbonyl (C=O) groups is 2. The first kappa shape index (κ1) is 12.7. The van der Waals surface area contributed by atoms with E-state index >= 15 is 0 Å². The Bertz CT molecular complexity index is 730. The van der Waals surface area contributed by atoms with Crippen molar-refractivity contribution < 1.29 is 9.59 Å². The molecule has 0 saturated carbocycles. The maximum absolute atomic E-state index is 11.9. The van der Waals surface area contributed by atoms with E-state index in [1.54, 1.807) is 6.92 Å². The highest BCUT2D eigenvalue weighted by atomic mass is 16.2. The zero-order valence-electron chi connectivity index (χ0n) is 11.6. The standard InChI is InChI=1S/C14H16N4O2/c1-4-11(19)18-13-16-9-5-7-8(6-10(9)17-13)15-12(20)14(7,2)3/h5-6H,4H2,1-3H3,(H,15,20)(H2,16,17,18,19). The van der Waals surface area contributed by atoms with Gasteiger partial charge in [0.1, 0.15) is 0 Å². The summed E-state index contributed by atoms with van der Waals surface area (Å²) in [4.78, 5) is 30.7. The Kier molecular flexibility index (Phi) is 2.57. The van der Waals surface area contributed by atoms with E-state index in [4.69, 9.17) is 0 Å². The van der Waals surface area contributed by atoms with Gasteiger partial charge >= 0.3 is 0 Å². The Morgan fingerprint density at radius 1 is 1.40 bits per heavy atom. The number of aromatic nitrogens is 2. The fourth-order valence-corrected chi connectivity index (χ4v) is 2.36. The molecule has 3 rings (SSSR count). The van der Waals surface area contributed by atoms with Gasteiger partial charge < -0.3 is 10.3 Å². The van der Waals surface area contributed by atoms with Gasteiger partial charge in [0.25, 0.3) is 0 Å². The van der Waals surface area contributed by atoms with Gasteiger partial charge in [0.05, 0.1) is 16.4 Å². The SMILES string of the molecule is CCC(=O)Nc1nc2cc3c(cc2[nH]1)C(C)(C)C(=O)N3. The number of H-pyrrole nitrogens is 1. The first-order valence-electron chi connectivity index (χ1n) is 6.57. The van der Waals surface area contributed by atoms with Crippen molar-refractivity contribution in [1.82, 2.24) is 9.97 Å².